The lowest BCUT2D eigenvalue weighted by atomic mass is 9.99. The van der Waals surface area contributed by atoms with Crippen LogP contribution in [0, 0.1) is 18.6 Å². The fourth-order valence-electron chi connectivity index (χ4n) is 1.77. The molecule has 5 heteroatoms. The Morgan fingerprint density at radius 3 is 2.29 bits per heavy atom. The number of hydrogen-bond donors (Lipinski definition) is 2. The van der Waals surface area contributed by atoms with Crippen LogP contribution < -0.4 is 11.3 Å². The molecule has 0 aliphatic carbocycles. The zero-order valence-electron chi connectivity index (χ0n) is 9.21. The molecule has 1 atom stereocenters. The van der Waals surface area contributed by atoms with E-state index < -0.39 is 17.7 Å². The fourth-order valence-corrected chi connectivity index (χ4v) is 2.65. The Morgan fingerprint density at radius 2 is 1.82 bits per heavy atom. The largest absolute Gasteiger partial charge is 0.271 e. The highest BCUT2D eigenvalue weighted by Gasteiger charge is 2.16. The van der Waals surface area contributed by atoms with Gasteiger partial charge in [-0.25, -0.2) is 14.2 Å². The molecule has 0 fully saturated rings. The second-order valence-electron chi connectivity index (χ2n) is 3.81. The van der Waals surface area contributed by atoms with Crippen LogP contribution in [0.2, 0.25) is 0 Å². The van der Waals surface area contributed by atoms with Gasteiger partial charge in [0.15, 0.2) is 0 Å². The van der Waals surface area contributed by atoms with Crippen LogP contribution in [0.3, 0.4) is 0 Å². The third-order valence-electron chi connectivity index (χ3n) is 2.59. The molecule has 0 saturated heterocycles. The maximum atomic E-state index is 13.2. The molecule has 0 aliphatic rings. The summed E-state index contributed by atoms with van der Waals surface area (Å²) in [6.07, 6.45) is 0. The lowest BCUT2D eigenvalue weighted by Crippen LogP contribution is -2.29. The maximum Gasteiger partial charge on any atom is 0.126 e. The molecule has 2 rings (SSSR count). The van der Waals surface area contributed by atoms with Crippen molar-refractivity contribution < 1.29 is 8.78 Å². The molecule has 0 aliphatic heterocycles. The van der Waals surface area contributed by atoms with E-state index >= 15 is 0 Å². The number of rotatable bonds is 3. The average molecular weight is 254 g/mol. The lowest BCUT2D eigenvalue weighted by molar-refractivity contribution is 0.566. The third-order valence-corrected chi connectivity index (χ3v) is 3.47. The number of benzene rings is 1. The van der Waals surface area contributed by atoms with E-state index in [1.807, 2.05) is 17.7 Å². The number of thiophene rings is 1. The Hall–Kier alpha value is -1.30. The van der Waals surface area contributed by atoms with E-state index in [0.717, 1.165) is 17.2 Å². The summed E-state index contributed by atoms with van der Waals surface area (Å²) in [7, 11) is 0. The Labute approximate surface area is 102 Å². The summed E-state index contributed by atoms with van der Waals surface area (Å²) in [6.45, 7) is 1.94. The molecule has 2 aromatic rings. The Bertz CT molecular complexity index is 505. The van der Waals surface area contributed by atoms with E-state index in [0.29, 0.717) is 5.56 Å². The summed E-state index contributed by atoms with van der Waals surface area (Å²) in [5.41, 5.74) is 5.04. The fraction of sp³-hybridized carbons (Fsp3) is 0.167. The molecule has 0 bridgehead atoms. The molecule has 90 valence electrons. The molecule has 2 nitrogen and oxygen atoms in total. The summed E-state index contributed by atoms with van der Waals surface area (Å²) in [4.78, 5) is 0. The predicted molar refractivity (Wildman–Crippen MR) is 64.6 cm³/mol. The van der Waals surface area contributed by atoms with Crippen molar-refractivity contribution in [1.82, 2.24) is 5.43 Å². The van der Waals surface area contributed by atoms with Crippen LogP contribution in [0.15, 0.2) is 29.0 Å². The Balaban J connectivity index is 2.45. The van der Waals surface area contributed by atoms with Gasteiger partial charge in [-0.2, -0.15) is 11.3 Å². The first kappa shape index (κ1) is 12.2. The highest BCUT2D eigenvalue weighted by molar-refractivity contribution is 7.08. The van der Waals surface area contributed by atoms with Gasteiger partial charge in [0.1, 0.15) is 11.6 Å². The molecule has 17 heavy (non-hydrogen) atoms. The van der Waals surface area contributed by atoms with Crippen LogP contribution in [-0.2, 0) is 0 Å². The van der Waals surface area contributed by atoms with Gasteiger partial charge in [-0.15, -0.1) is 0 Å². The lowest BCUT2D eigenvalue weighted by Gasteiger charge is -2.16. The first-order valence-electron chi connectivity index (χ1n) is 5.06. The molecule has 3 N–H and O–H groups in total. The van der Waals surface area contributed by atoms with E-state index in [2.05, 4.69) is 5.43 Å². The highest BCUT2D eigenvalue weighted by atomic mass is 32.1. The van der Waals surface area contributed by atoms with Gasteiger partial charge in [0, 0.05) is 6.07 Å². The van der Waals surface area contributed by atoms with Gasteiger partial charge >= 0.3 is 0 Å². The standard InChI is InChI=1S/C12H12F2N2S/c1-7-5-17-6-11(7)12(16-15)8-2-9(13)4-10(14)3-8/h2-6,12,16H,15H2,1H3. The topological polar surface area (TPSA) is 38.0 Å². The minimum Gasteiger partial charge on any atom is -0.271 e. The van der Waals surface area contributed by atoms with Crippen molar-refractivity contribution in [2.45, 2.75) is 13.0 Å². The molecule has 0 radical (unpaired) electrons. The molecule has 1 aromatic carbocycles. The SMILES string of the molecule is Cc1cscc1C(NN)c1cc(F)cc(F)c1. The van der Waals surface area contributed by atoms with Crippen molar-refractivity contribution in [2.24, 2.45) is 5.84 Å². The highest BCUT2D eigenvalue weighted by Crippen LogP contribution is 2.27. The van der Waals surface area contributed by atoms with Gasteiger partial charge in [0.2, 0.25) is 0 Å². The van der Waals surface area contributed by atoms with Gasteiger partial charge in [0.05, 0.1) is 6.04 Å². The summed E-state index contributed by atoms with van der Waals surface area (Å²) >= 11 is 1.53. The molecule has 0 amide bonds. The van der Waals surface area contributed by atoms with Crippen molar-refractivity contribution in [1.29, 1.82) is 0 Å². The molecule has 1 unspecified atom stereocenters. The van der Waals surface area contributed by atoms with E-state index in [1.165, 1.54) is 23.5 Å². The minimum atomic E-state index is -0.604. The van der Waals surface area contributed by atoms with Gasteiger partial charge in [0.25, 0.3) is 0 Å². The van der Waals surface area contributed by atoms with Crippen molar-refractivity contribution in [3.8, 4) is 0 Å². The summed E-state index contributed by atoms with van der Waals surface area (Å²) in [6, 6.07) is 3.01. The van der Waals surface area contributed by atoms with Gasteiger partial charge < -0.3 is 0 Å². The van der Waals surface area contributed by atoms with E-state index in [4.69, 9.17) is 5.84 Å². The molecule has 0 saturated carbocycles. The molecular formula is C12H12F2N2S. The molecule has 1 aromatic heterocycles. The quantitative estimate of drug-likeness (QED) is 0.653. The first-order chi connectivity index (χ1) is 8.11. The van der Waals surface area contributed by atoms with E-state index in [1.54, 1.807) is 0 Å². The van der Waals surface area contributed by atoms with Crippen molar-refractivity contribution in [3.05, 3.63) is 57.3 Å². The molecule has 0 spiro atoms. The second-order valence-corrected chi connectivity index (χ2v) is 4.56. The normalized spacial score (nSPS) is 12.7. The minimum absolute atomic E-state index is 0.397. The van der Waals surface area contributed by atoms with Crippen LogP contribution in [0.4, 0.5) is 8.78 Å². The Kier molecular flexibility index (Phi) is 3.51. The maximum absolute atomic E-state index is 13.2. The number of hydrazine groups is 1. The average Bonchev–Trinajstić information content (AvgIpc) is 2.65. The number of hydrogen-bond acceptors (Lipinski definition) is 3. The van der Waals surface area contributed by atoms with Crippen LogP contribution in [0.5, 0.6) is 0 Å². The molecular weight excluding hydrogens is 242 g/mol. The summed E-state index contributed by atoms with van der Waals surface area (Å²) in [5.74, 6) is 4.27. The van der Waals surface area contributed by atoms with Crippen LogP contribution in [0.25, 0.3) is 0 Å². The first-order valence-corrected chi connectivity index (χ1v) is 6.01. The van der Waals surface area contributed by atoms with Crippen molar-refractivity contribution >= 4 is 11.3 Å². The second kappa shape index (κ2) is 4.91. The number of nitrogens with one attached hydrogen (secondary N) is 1. The van der Waals surface area contributed by atoms with Crippen molar-refractivity contribution in [3.63, 3.8) is 0 Å². The predicted octanol–water partition coefficient (Wildman–Crippen LogP) is 2.89. The zero-order chi connectivity index (χ0) is 12.4. The summed E-state index contributed by atoms with van der Waals surface area (Å²) in [5, 5.41) is 3.89. The van der Waals surface area contributed by atoms with Gasteiger partial charge in [-0.3, -0.25) is 5.84 Å². The van der Waals surface area contributed by atoms with E-state index in [-0.39, 0.29) is 0 Å². The van der Waals surface area contributed by atoms with Crippen molar-refractivity contribution in [2.75, 3.05) is 0 Å². The zero-order valence-corrected chi connectivity index (χ0v) is 10.0. The third kappa shape index (κ3) is 2.52. The smallest absolute Gasteiger partial charge is 0.126 e. The monoisotopic (exact) mass is 254 g/mol. The molecule has 1 heterocycles. The summed E-state index contributed by atoms with van der Waals surface area (Å²) < 4.78 is 26.3. The number of halogens is 2. The number of aryl methyl sites for hydroxylation is 1. The Morgan fingerprint density at radius 1 is 1.18 bits per heavy atom. The van der Waals surface area contributed by atoms with E-state index in [9.17, 15) is 8.78 Å². The van der Waals surface area contributed by atoms with Crippen LogP contribution in [0.1, 0.15) is 22.7 Å². The number of nitrogens with two attached hydrogens (primary N) is 1. The van der Waals surface area contributed by atoms with Gasteiger partial charge in [-0.05, 0) is 46.5 Å². The van der Waals surface area contributed by atoms with Crippen LogP contribution in [-0.4, -0.2) is 0 Å². The van der Waals surface area contributed by atoms with Gasteiger partial charge in [-0.1, -0.05) is 0 Å². The van der Waals surface area contributed by atoms with Crippen LogP contribution >= 0.6 is 11.3 Å².